The number of nitro groups is 1. The number of ether oxygens (including phenoxy) is 1. The Morgan fingerprint density at radius 1 is 1.11 bits per heavy atom. The lowest BCUT2D eigenvalue weighted by Crippen LogP contribution is -2.67. The van der Waals surface area contributed by atoms with Crippen LogP contribution in [0.3, 0.4) is 0 Å². The van der Waals surface area contributed by atoms with Crippen LogP contribution in [0, 0.1) is 10.1 Å². The largest absolute Gasteiger partial charge is 0.496 e. The highest BCUT2D eigenvalue weighted by Crippen LogP contribution is 2.47. The van der Waals surface area contributed by atoms with Crippen LogP contribution < -0.4 is 15.4 Å². The number of anilines is 2. The maximum absolute atomic E-state index is 12.2. The lowest BCUT2D eigenvalue weighted by molar-refractivity contribution is -0.384. The Kier molecular flexibility index (Phi) is 5.32. The molecule has 11 nitrogen and oxygen atoms in total. The standard InChI is InChI=1S/C25H30N8O3/c1-30-8-5-7-25(30)14-31(15-25)20-11-22(36-2)16(10-21(20)33(34)35)17-12-27-24(26)29-23(17)18-13-28-32-9-4-3-6-19(18)32/h10-13H,3-9,14-15H2,1-2H3,(H2,26,27,29). The minimum absolute atomic E-state index is 0.0427. The van der Waals surface area contributed by atoms with E-state index < -0.39 is 0 Å². The lowest BCUT2D eigenvalue weighted by Gasteiger charge is -2.52. The van der Waals surface area contributed by atoms with Crippen LogP contribution in [0.1, 0.15) is 31.4 Å². The molecule has 1 aromatic carbocycles. The minimum atomic E-state index is -0.318. The molecular formula is C25H30N8O3. The number of fused-ring (bicyclic) bond motifs is 1. The Labute approximate surface area is 209 Å². The van der Waals surface area contributed by atoms with Crippen molar-refractivity contribution in [3.8, 4) is 28.1 Å². The average molecular weight is 491 g/mol. The van der Waals surface area contributed by atoms with E-state index in [1.165, 1.54) is 0 Å². The first-order valence-electron chi connectivity index (χ1n) is 12.4. The number of aromatic nitrogens is 4. The van der Waals surface area contributed by atoms with Crippen molar-refractivity contribution in [2.45, 2.75) is 44.2 Å². The van der Waals surface area contributed by atoms with Crippen molar-refractivity contribution in [2.24, 2.45) is 0 Å². The van der Waals surface area contributed by atoms with E-state index in [0.29, 0.717) is 28.3 Å². The lowest BCUT2D eigenvalue weighted by atomic mass is 9.86. The highest BCUT2D eigenvalue weighted by molar-refractivity contribution is 5.88. The molecule has 2 aromatic heterocycles. The van der Waals surface area contributed by atoms with Gasteiger partial charge < -0.3 is 15.4 Å². The van der Waals surface area contributed by atoms with Crippen LogP contribution in [0.5, 0.6) is 5.75 Å². The molecule has 2 fully saturated rings. The summed E-state index contributed by atoms with van der Waals surface area (Å²) in [6.45, 7) is 3.47. The summed E-state index contributed by atoms with van der Waals surface area (Å²) in [5.74, 6) is 0.674. The van der Waals surface area contributed by atoms with E-state index in [1.807, 2.05) is 4.68 Å². The molecule has 3 aliphatic rings. The molecule has 0 saturated carbocycles. The van der Waals surface area contributed by atoms with Gasteiger partial charge in [-0.05, 0) is 45.7 Å². The predicted octanol–water partition coefficient (Wildman–Crippen LogP) is 3.13. The smallest absolute Gasteiger partial charge is 0.293 e. The fraction of sp³-hybridized carbons (Fsp3) is 0.480. The van der Waals surface area contributed by atoms with Crippen LogP contribution in [-0.4, -0.2) is 68.9 Å². The van der Waals surface area contributed by atoms with Crippen molar-refractivity contribution in [1.82, 2.24) is 24.6 Å². The topological polar surface area (TPSA) is 128 Å². The van der Waals surface area contributed by atoms with Gasteiger partial charge in [0.05, 0.1) is 29.5 Å². The maximum Gasteiger partial charge on any atom is 0.293 e. The van der Waals surface area contributed by atoms with Crippen molar-refractivity contribution in [2.75, 3.05) is 44.4 Å². The Bertz CT molecular complexity index is 1350. The van der Waals surface area contributed by atoms with Crippen molar-refractivity contribution in [3.63, 3.8) is 0 Å². The first-order chi connectivity index (χ1) is 17.4. The van der Waals surface area contributed by atoms with Gasteiger partial charge in [-0.2, -0.15) is 5.10 Å². The molecule has 0 bridgehead atoms. The van der Waals surface area contributed by atoms with Gasteiger partial charge in [0.1, 0.15) is 11.4 Å². The zero-order valence-corrected chi connectivity index (χ0v) is 20.6. The SMILES string of the molecule is COc1cc(N2CC3(CCCN3C)C2)c([N+](=O)[O-])cc1-c1cnc(N)nc1-c1cnn2c1CCCC2. The quantitative estimate of drug-likeness (QED) is 0.424. The third-order valence-electron chi connectivity index (χ3n) is 8.08. The summed E-state index contributed by atoms with van der Waals surface area (Å²) < 4.78 is 7.78. The fourth-order valence-corrected chi connectivity index (χ4v) is 6.06. The zero-order valence-electron chi connectivity index (χ0n) is 20.6. The van der Waals surface area contributed by atoms with Gasteiger partial charge >= 0.3 is 0 Å². The number of hydrogen-bond acceptors (Lipinski definition) is 9. The van der Waals surface area contributed by atoms with E-state index >= 15 is 0 Å². The highest BCUT2D eigenvalue weighted by Gasteiger charge is 2.50. The van der Waals surface area contributed by atoms with Gasteiger partial charge in [-0.15, -0.1) is 0 Å². The first-order valence-corrected chi connectivity index (χ1v) is 12.4. The molecule has 188 valence electrons. The first kappa shape index (κ1) is 22.7. The van der Waals surface area contributed by atoms with Gasteiger partial charge in [-0.1, -0.05) is 0 Å². The van der Waals surface area contributed by atoms with Gasteiger partial charge in [-0.25, -0.2) is 9.97 Å². The number of nitrogen functional groups attached to an aromatic ring is 1. The van der Waals surface area contributed by atoms with E-state index in [9.17, 15) is 10.1 Å². The average Bonchev–Trinajstić information content (AvgIpc) is 3.46. The van der Waals surface area contributed by atoms with Crippen molar-refractivity contribution in [3.05, 3.63) is 40.3 Å². The summed E-state index contributed by atoms with van der Waals surface area (Å²) in [4.78, 5) is 25.2. The van der Waals surface area contributed by atoms with E-state index in [0.717, 1.165) is 69.5 Å². The number of methoxy groups -OCH3 is 1. The molecule has 11 heteroatoms. The molecule has 0 radical (unpaired) electrons. The second kappa shape index (κ2) is 8.44. The summed E-state index contributed by atoms with van der Waals surface area (Å²) in [7, 11) is 3.72. The molecule has 0 amide bonds. The van der Waals surface area contributed by atoms with Crippen molar-refractivity contribution >= 4 is 17.3 Å². The van der Waals surface area contributed by atoms with Gasteiger partial charge in [0.2, 0.25) is 5.95 Å². The number of aryl methyl sites for hydroxylation is 1. The second-order valence-electron chi connectivity index (χ2n) is 10.1. The number of nitrogens with two attached hydrogens (primary N) is 1. The minimum Gasteiger partial charge on any atom is -0.496 e. The van der Waals surface area contributed by atoms with Crippen LogP contribution in [0.2, 0.25) is 0 Å². The molecule has 3 aliphatic heterocycles. The molecule has 0 unspecified atom stereocenters. The Morgan fingerprint density at radius 3 is 2.67 bits per heavy atom. The van der Waals surface area contributed by atoms with Gasteiger partial charge in [0, 0.05) is 60.3 Å². The van der Waals surface area contributed by atoms with Crippen LogP contribution >= 0.6 is 0 Å². The molecule has 6 rings (SSSR count). The van der Waals surface area contributed by atoms with E-state index in [4.69, 9.17) is 10.5 Å². The summed E-state index contributed by atoms with van der Waals surface area (Å²) >= 11 is 0. The summed E-state index contributed by atoms with van der Waals surface area (Å²) in [6, 6.07) is 3.37. The van der Waals surface area contributed by atoms with Gasteiger partial charge in [-0.3, -0.25) is 19.7 Å². The van der Waals surface area contributed by atoms with E-state index in [2.05, 4.69) is 31.9 Å². The third-order valence-corrected chi connectivity index (χ3v) is 8.08. The Balaban J connectivity index is 1.46. The number of nitrogens with zero attached hydrogens (tertiary/aromatic N) is 7. The number of likely N-dealkylation sites (tertiary alicyclic amines) is 1. The van der Waals surface area contributed by atoms with Crippen LogP contribution in [0.4, 0.5) is 17.3 Å². The third kappa shape index (κ3) is 3.48. The second-order valence-corrected chi connectivity index (χ2v) is 10.1. The van der Waals surface area contributed by atoms with E-state index in [1.54, 1.807) is 31.6 Å². The Hall–Kier alpha value is -3.73. The number of benzene rings is 1. The normalized spacial score (nSPS) is 18.8. The van der Waals surface area contributed by atoms with Gasteiger partial charge in [0.25, 0.3) is 5.69 Å². The summed E-state index contributed by atoms with van der Waals surface area (Å²) in [6.07, 6.45) is 8.75. The predicted molar refractivity (Wildman–Crippen MR) is 136 cm³/mol. The molecule has 2 N–H and O–H groups in total. The molecule has 36 heavy (non-hydrogen) atoms. The molecule has 0 atom stereocenters. The highest BCUT2D eigenvalue weighted by atomic mass is 16.6. The molecule has 1 spiro atoms. The summed E-state index contributed by atoms with van der Waals surface area (Å²) in [5, 5.41) is 16.8. The molecule has 3 aromatic rings. The molecule has 0 aliphatic carbocycles. The van der Waals surface area contributed by atoms with Crippen molar-refractivity contribution < 1.29 is 9.66 Å². The monoisotopic (exact) mass is 490 g/mol. The van der Waals surface area contributed by atoms with Crippen LogP contribution in [-0.2, 0) is 13.0 Å². The molecular weight excluding hydrogens is 460 g/mol. The number of hydrogen-bond donors (Lipinski definition) is 1. The maximum atomic E-state index is 12.2. The van der Waals surface area contributed by atoms with Crippen LogP contribution in [0.25, 0.3) is 22.4 Å². The Morgan fingerprint density at radius 2 is 1.94 bits per heavy atom. The van der Waals surface area contributed by atoms with Gasteiger partial charge in [0.15, 0.2) is 0 Å². The van der Waals surface area contributed by atoms with Crippen molar-refractivity contribution in [1.29, 1.82) is 0 Å². The number of likely N-dealkylation sites (N-methyl/N-ethyl adjacent to an activating group) is 1. The number of nitro benzene ring substituents is 1. The van der Waals surface area contributed by atoms with E-state index in [-0.39, 0.29) is 22.1 Å². The zero-order chi connectivity index (χ0) is 25.0. The fourth-order valence-electron chi connectivity index (χ4n) is 6.06. The summed E-state index contributed by atoms with van der Waals surface area (Å²) in [5.41, 5.74) is 10.5. The van der Waals surface area contributed by atoms with Crippen LogP contribution in [0.15, 0.2) is 24.5 Å². The number of rotatable bonds is 5. The molecule has 5 heterocycles. The molecule has 2 saturated heterocycles.